The Balaban J connectivity index is 4.74. The number of methoxy groups -OCH3 is 1. The maximum Gasteiger partial charge on any atom is 0.325 e. The molecule has 0 amide bonds. The van der Waals surface area contributed by atoms with Crippen molar-refractivity contribution in [1.29, 1.82) is 0 Å². The normalized spacial score (nSPS) is 14.3. The van der Waals surface area contributed by atoms with Gasteiger partial charge in [0.05, 0.1) is 6.61 Å². The van der Waals surface area contributed by atoms with Gasteiger partial charge < -0.3 is 9.47 Å². The monoisotopic (exact) mass is 310 g/mol. The molecule has 0 aromatic carbocycles. The molecule has 0 heterocycles. The Morgan fingerprint density at radius 2 is 1.80 bits per heavy atom. The second-order valence-electron chi connectivity index (χ2n) is 5.76. The van der Waals surface area contributed by atoms with E-state index >= 15 is 0 Å². The van der Waals surface area contributed by atoms with E-state index in [9.17, 15) is 13.2 Å². The quantitative estimate of drug-likeness (QED) is 0.501. The lowest BCUT2D eigenvalue weighted by atomic mass is 10.1. The number of rotatable bonds is 8. The molecule has 0 saturated heterocycles. The van der Waals surface area contributed by atoms with Gasteiger partial charge in [0, 0.05) is 13.7 Å². The van der Waals surface area contributed by atoms with E-state index in [1.807, 2.05) is 0 Å². The number of nitrogens with one attached hydrogen (secondary N) is 2. The molecule has 8 heteroatoms. The fourth-order valence-corrected chi connectivity index (χ4v) is 2.45. The van der Waals surface area contributed by atoms with Crippen LogP contribution in [0.3, 0.4) is 0 Å². The van der Waals surface area contributed by atoms with Crippen molar-refractivity contribution >= 4 is 16.2 Å². The Bertz CT molecular complexity index is 401. The van der Waals surface area contributed by atoms with Crippen LogP contribution in [-0.4, -0.2) is 46.3 Å². The summed E-state index contributed by atoms with van der Waals surface area (Å²) in [6.45, 7) is 9.05. The van der Waals surface area contributed by atoms with Crippen molar-refractivity contribution < 1.29 is 22.7 Å². The first-order valence-electron chi connectivity index (χ1n) is 6.47. The fourth-order valence-electron chi connectivity index (χ4n) is 1.31. The van der Waals surface area contributed by atoms with Gasteiger partial charge >= 0.3 is 5.97 Å². The molecule has 7 nitrogen and oxygen atoms in total. The number of carbonyl (C=O) groups excluding carboxylic acids is 1. The molecular formula is C12H26N2O5S. The van der Waals surface area contributed by atoms with Crippen molar-refractivity contribution in [3.63, 3.8) is 0 Å². The maximum atomic E-state index is 12.0. The number of esters is 1. The molecule has 0 unspecified atom stereocenters. The van der Waals surface area contributed by atoms with Gasteiger partial charge in [0.1, 0.15) is 11.6 Å². The number of ether oxygens (including phenoxy) is 2. The zero-order chi connectivity index (χ0) is 16.0. The molecule has 0 spiro atoms. The third kappa shape index (κ3) is 8.47. The molecular weight excluding hydrogens is 284 g/mol. The van der Waals surface area contributed by atoms with Crippen LogP contribution in [-0.2, 0) is 24.5 Å². The Hall–Kier alpha value is -0.700. The zero-order valence-corrected chi connectivity index (χ0v) is 13.8. The van der Waals surface area contributed by atoms with E-state index in [4.69, 9.17) is 9.47 Å². The van der Waals surface area contributed by atoms with Crippen molar-refractivity contribution in [2.45, 2.75) is 46.3 Å². The molecule has 0 fully saturated rings. The van der Waals surface area contributed by atoms with E-state index in [0.717, 1.165) is 0 Å². The van der Waals surface area contributed by atoms with Crippen LogP contribution >= 0.6 is 0 Å². The molecule has 0 rings (SSSR count). The van der Waals surface area contributed by atoms with E-state index < -0.39 is 27.8 Å². The molecule has 0 aromatic rings. The molecule has 0 saturated carbocycles. The van der Waals surface area contributed by atoms with Gasteiger partial charge in [-0.25, -0.2) is 0 Å². The molecule has 1 atom stereocenters. The zero-order valence-electron chi connectivity index (χ0n) is 13.0. The standard InChI is InChI=1S/C12H26N2O5S/c1-9(2)10(11(15)19-12(3,4)5)14-20(16,17)13-7-8-18-6/h9-10,13-14H,7-8H2,1-6H3/t10-/m1/s1. The highest BCUT2D eigenvalue weighted by atomic mass is 32.2. The smallest absolute Gasteiger partial charge is 0.325 e. The summed E-state index contributed by atoms with van der Waals surface area (Å²) in [6.07, 6.45) is 0. The van der Waals surface area contributed by atoms with Crippen molar-refractivity contribution in [2.24, 2.45) is 5.92 Å². The van der Waals surface area contributed by atoms with E-state index in [1.165, 1.54) is 7.11 Å². The number of hydrogen-bond acceptors (Lipinski definition) is 5. The van der Waals surface area contributed by atoms with Gasteiger partial charge in [-0.15, -0.1) is 0 Å². The molecule has 0 bridgehead atoms. The van der Waals surface area contributed by atoms with Crippen molar-refractivity contribution in [3.05, 3.63) is 0 Å². The third-order valence-electron chi connectivity index (χ3n) is 2.21. The lowest BCUT2D eigenvalue weighted by Crippen LogP contribution is -2.51. The van der Waals surface area contributed by atoms with Gasteiger partial charge in [0.15, 0.2) is 0 Å². The summed E-state index contributed by atoms with van der Waals surface area (Å²) in [4.78, 5) is 12.0. The van der Waals surface area contributed by atoms with E-state index in [-0.39, 0.29) is 19.1 Å². The Kier molecular flexibility index (Phi) is 7.64. The first-order valence-corrected chi connectivity index (χ1v) is 7.95. The van der Waals surface area contributed by atoms with Crippen LogP contribution in [0.25, 0.3) is 0 Å². The van der Waals surface area contributed by atoms with Crippen molar-refractivity contribution in [1.82, 2.24) is 9.44 Å². The van der Waals surface area contributed by atoms with Crippen LogP contribution in [0, 0.1) is 5.92 Å². The Morgan fingerprint density at radius 1 is 1.25 bits per heavy atom. The summed E-state index contributed by atoms with van der Waals surface area (Å²) < 4.78 is 38.2. The summed E-state index contributed by atoms with van der Waals surface area (Å²) in [5.41, 5.74) is -0.668. The summed E-state index contributed by atoms with van der Waals surface area (Å²) in [5.74, 6) is -0.825. The highest BCUT2D eigenvalue weighted by molar-refractivity contribution is 7.87. The lowest BCUT2D eigenvalue weighted by Gasteiger charge is -2.26. The van der Waals surface area contributed by atoms with Gasteiger partial charge in [0.25, 0.3) is 10.2 Å². The van der Waals surface area contributed by atoms with Crippen LogP contribution < -0.4 is 9.44 Å². The van der Waals surface area contributed by atoms with Crippen LogP contribution in [0.1, 0.15) is 34.6 Å². The minimum atomic E-state index is -3.78. The van der Waals surface area contributed by atoms with Gasteiger partial charge in [-0.1, -0.05) is 13.8 Å². The summed E-state index contributed by atoms with van der Waals surface area (Å²) in [5, 5.41) is 0. The Morgan fingerprint density at radius 3 is 2.20 bits per heavy atom. The molecule has 0 aliphatic carbocycles. The highest BCUT2D eigenvalue weighted by Crippen LogP contribution is 2.12. The van der Waals surface area contributed by atoms with E-state index in [2.05, 4.69) is 9.44 Å². The molecule has 0 aliphatic heterocycles. The summed E-state index contributed by atoms with van der Waals surface area (Å²) in [7, 11) is -2.31. The molecule has 120 valence electrons. The number of carbonyl (C=O) groups is 1. The molecule has 0 aliphatic rings. The molecule has 20 heavy (non-hydrogen) atoms. The third-order valence-corrected chi connectivity index (χ3v) is 3.36. The predicted molar refractivity (Wildman–Crippen MR) is 76.4 cm³/mol. The first kappa shape index (κ1) is 19.3. The first-order chi connectivity index (χ1) is 8.98. The van der Waals surface area contributed by atoms with Crippen LogP contribution in [0.2, 0.25) is 0 Å². The van der Waals surface area contributed by atoms with E-state index in [1.54, 1.807) is 34.6 Å². The second kappa shape index (κ2) is 7.92. The SMILES string of the molecule is COCCNS(=O)(=O)N[C@@H](C(=O)OC(C)(C)C)C(C)C. The topological polar surface area (TPSA) is 93.7 Å². The van der Waals surface area contributed by atoms with Crippen molar-refractivity contribution in [2.75, 3.05) is 20.3 Å². The number of hydrogen-bond donors (Lipinski definition) is 2. The van der Waals surface area contributed by atoms with Crippen LogP contribution in [0.4, 0.5) is 0 Å². The Labute approximate surface area is 121 Å². The predicted octanol–water partition coefficient (Wildman–Crippen LogP) is 0.423. The minimum Gasteiger partial charge on any atom is -0.459 e. The average molecular weight is 310 g/mol. The van der Waals surface area contributed by atoms with Gasteiger partial charge in [-0.05, 0) is 26.7 Å². The molecule has 0 aromatic heterocycles. The van der Waals surface area contributed by atoms with Crippen molar-refractivity contribution in [3.8, 4) is 0 Å². The second-order valence-corrected chi connectivity index (χ2v) is 7.29. The van der Waals surface area contributed by atoms with Gasteiger partial charge in [0.2, 0.25) is 0 Å². The summed E-state index contributed by atoms with van der Waals surface area (Å²) in [6, 6.07) is -0.936. The van der Waals surface area contributed by atoms with Crippen LogP contribution in [0.15, 0.2) is 0 Å². The summed E-state index contributed by atoms with van der Waals surface area (Å²) >= 11 is 0. The maximum absolute atomic E-state index is 12.0. The molecule has 0 radical (unpaired) electrons. The highest BCUT2D eigenvalue weighted by Gasteiger charge is 2.31. The van der Waals surface area contributed by atoms with Gasteiger partial charge in [-0.2, -0.15) is 17.9 Å². The fraction of sp³-hybridized carbons (Fsp3) is 0.917. The largest absolute Gasteiger partial charge is 0.459 e. The van der Waals surface area contributed by atoms with Crippen LogP contribution in [0.5, 0.6) is 0 Å². The molecule has 2 N–H and O–H groups in total. The van der Waals surface area contributed by atoms with Gasteiger partial charge in [-0.3, -0.25) is 4.79 Å². The lowest BCUT2D eigenvalue weighted by molar-refractivity contribution is -0.158. The van der Waals surface area contributed by atoms with E-state index in [0.29, 0.717) is 0 Å². The average Bonchev–Trinajstić information content (AvgIpc) is 2.23. The minimum absolute atomic E-state index is 0.130.